The normalized spacial score (nSPS) is 10.8. The minimum absolute atomic E-state index is 1.29. The zero-order valence-electron chi connectivity index (χ0n) is 10.8. The average Bonchev–Trinajstić information content (AvgIpc) is 2.38. The van der Waals surface area contributed by atoms with Gasteiger partial charge in [-0.05, 0) is 35.7 Å². The average molecular weight is 232 g/mol. The van der Waals surface area contributed by atoms with Gasteiger partial charge in [0.1, 0.15) is 0 Å². The van der Waals surface area contributed by atoms with Gasteiger partial charge in [-0.2, -0.15) is 0 Å². The molecule has 0 radical (unpaired) electrons. The second-order valence-corrected chi connectivity index (χ2v) is 4.90. The molecule has 18 heavy (non-hydrogen) atoms. The van der Waals surface area contributed by atoms with E-state index in [9.17, 15) is 0 Å². The van der Waals surface area contributed by atoms with Gasteiger partial charge < -0.3 is 0 Å². The van der Waals surface area contributed by atoms with Crippen molar-refractivity contribution in [1.29, 1.82) is 0 Å². The van der Waals surface area contributed by atoms with Crippen LogP contribution in [0.2, 0.25) is 0 Å². The summed E-state index contributed by atoms with van der Waals surface area (Å²) in [5.41, 5.74) is 5.21. The summed E-state index contributed by atoms with van der Waals surface area (Å²) in [6.07, 6.45) is 0. The summed E-state index contributed by atoms with van der Waals surface area (Å²) in [7, 11) is 0. The summed E-state index contributed by atoms with van der Waals surface area (Å²) in [6, 6.07) is 21.9. The van der Waals surface area contributed by atoms with Crippen LogP contribution in [0, 0.1) is 13.8 Å². The summed E-state index contributed by atoms with van der Waals surface area (Å²) >= 11 is 0. The van der Waals surface area contributed by atoms with Crippen molar-refractivity contribution in [1.82, 2.24) is 0 Å². The van der Waals surface area contributed by atoms with E-state index in [2.05, 4.69) is 74.5 Å². The highest BCUT2D eigenvalue weighted by molar-refractivity contribution is 5.96. The first-order chi connectivity index (χ1) is 8.74. The van der Waals surface area contributed by atoms with Gasteiger partial charge in [-0.1, -0.05) is 71.8 Å². The fourth-order valence-corrected chi connectivity index (χ4v) is 2.39. The SMILES string of the molecule is Cc1ccc(-c2cccc3cc(C)ccc23)cc1. The molecule has 3 aromatic carbocycles. The zero-order chi connectivity index (χ0) is 12.5. The first-order valence-electron chi connectivity index (χ1n) is 6.30. The van der Waals surface area contributed by atoms with Crippen molar-refractivity contribution in [2.24, 2.45) is 0 Å². The van der Waals surface area contributed by atoms with Crippen LogP contribution in [-0.4, -0.2) is 0 Å². The summed E-state index contributed by atoms with van der Waals surface area (Å²) < 4.78 is 0. The van der Waals surface area contributed by atoms with Crippen molar-refractivity contribution in [3.63, 3.8) is 0 Å². The van der Waals surface area contributed by atoms with Gasteiger partial charge in [-0.15, -0.1) is 0 Å². The van der Waals surface area contributed by atoms with E-state index >= 15 is 0 Å². The van der Waals surface area contributed by atoms with E-state index in [1.165, 1.54) is 33.0 Å². The predicted molar refractivity (Wildman–Crippen MR) is 78.9 cm³/mol. The van der Waals surface area contributed by atoms with E-state index in [0.29, 0.717) is 0 Å². The van der Waals surface area contributed by atoms with Crippen LogP contribution in [0.1, 0.15) is 11.1 Å². The molecule has 0 atom stereocenters. The van der Waals surface area contributed by atoms with Gasteiger partial charge in [0.2, 0.25) is 0 Å². The molecule has 0 aliphatic heterocycles. The molecule has 0 heteroatoms. The maximum atomic E-state index is 2.24. The van der Waals surface area contributed by atoms with Gasteiger partial charge in [0, 0.05) is 0 Å². The summed E-state index contributed by atoms with van der Waals surface area (Å²) in [5.74, 6) is 0. The highest BCUT2D eigenvalue weighted by Gasteiger charge is 2.03. The Labute approximate surface area is 108 Å². The van der Waals surface area contributed by atoms with Crippen molar-refractivity contribution >= 4 is 10.8 Å². The molecule has 0 N–H and O–H groups in total. The van der Waals surface area contributed by atoms with E-state index in [0.717, 1.165) is 0 Å². The molecule has 88 valence electrons. The predicted octanol–water partition coefficient (Wildman–Crippen LogP) is 5.12. The Morgan fingerprint density at radius 1 is 0.667 bits per heavy atom. The van der Waals surface area contributed by atoms with E-state index in [-0.39, 0.29) is 0 Å². The van der Waals surface area contributed by atoms with Crippen LogP contribution in [0.25, 0.3) is 21.9 Å². The number of rotatable bonds is 1. The van der Waals surface area contributed by atoms with Crippen LogP contribution < -0.4 is 0 Å². The number of benzene rings is 3. The quantitative estimate of drug-likeness (QED) is 0.546. The molecule has 0 aliphatic rings. The van der Waals surface area contributed by atoms with Crippen LogP contribution in [0.15, 0.2) is 60.7 Å². The lowest BCUT2D eigenvalue weighted by molar-refractivity contribution is 1.47. The zero-order valence-corrected chi connectivity index (χ0v) is 10.8. The van der Waals surface area contributed by atoms with E-state index < -0.39 is 0 Å². The first-order valence-corrected chi connectivity index (χ1v) is 6.30. The van der Waals surface area contributed by atoms with E-state index in [4.69, 9.17) is 0 Å². The molecular formula is C18H16. The van der Waals surface area contributed by atoms with Crippen molar-refractivity contribution in [2.45, 2.75) is 13.8 Å². The molecule has 0 saturated heterocycles. The summed E-state index contributed by atoms with van der Waals surface area (Å²) in [5, 5.41) is 2.64. The molecule has 0 spiro atoms. The number of aryl methyl sites for hydroxylation is 2. The lowest BCUT2D eigenvalue weighted by atomic mass is 9.97. The fourth-order valence-electron chi connectivity index (χ4n) is 2.39. The van der Waals surface area contributed by atoms with Crippen LogP contribution in [0.3, 0.4) is 0 Å². The standard InChI is InChI=1S/C18H16/c1-13-6-9-15(10-7-13)17-5-3-4-16-12-14(2)8-11-18(16)17/h3-12H,1-2H3. The smallest absolute Gasteiger partial charge is 0.0105 e. The Bertz CT molecular complexity index is 691. The number of hydrogen-bond donors (Lipinski definition) is 0. The number of hydrogen-bond acceptors (Lipinski definition) is 0. The van der Waals surface area contributed by atoms with Gasteiger partial charge in [0.15, 0.2) is 0 Å². The molecule has 0 heterocycles. The third-order valence-electron chi connectivity index (χ3n) is 3.40. The molecule has 0 fully saturated rings. The highest BCUT2D eigenvalue weighted by Crippen LogP contribution is 2.29. The van der Waals surface area contributed by atoms with Gasteiger partial charge in [0.05, 0.1) is 0 Å². The maximum absolute atomic E-state index is 2.24. The summed E-state index contributed by atoms with van der Waals surface area (Å²) in [6.45, 7) is 4.26. The highest BCUT2D eigenvalue weighted by atomic mass is 14.1. The van der Waals surface area contributed by atoms with Gasteiger partial charge in [-0.3, -0.25) is 0 Å². The van der Waals surface area contributed by atoms with Crippen molar-refractivity contribution in [3.05, 3.63) is 71.8 Å². The van der Waals surface area contributed by atoms with Gasteiger partial charge in [0.25, 0.3) is 0 Å². The molecular weight excluding hydrogens is 216 g/mol. The lowest BCUT2D eigenvalue weighted by Crippen LogP contribution is -1.82. The summed E-state index contributed by atoms with van der Waals surface area (Å²) in [4.78, 5) is 0. The molecule has 0 amide bonds. The Morgan fingerprint density at radius 2 is 1.39 bits per heavy atom. The van der Waals surface area contributed by atoms with Crippen LogP contribution in [0.4, 0.5) is 0 Å². The molecule has 3 aromatic rings. The Balaban J connectivity index is 2.26. The largest absolute Gasteiger partial charge is 0.0610 e. The fraction of sp³-hybridized carbons (Fsp3) is 0.111. The van der Waals surface area contributed by atoms with E-state index in [1.54, 1.807) is 0 Å². The first kappa shape index (κ1) is 11.0. The topological polar surface area (TPSA) is 0 Å². The third kappa shape index (κ3) is 1.91. The molecule has 3 rings (SSSR count). The molecule has 0 aromatic heterocycles. The molecule has 0 aliphatic carbocycles. The second-order valence-electron chi connectivity index (χ2n) is 4.90. The Hall–Kier alpha value is -2.08. The van der Waals surface area contributed by atoms with Crippen molar-refractivity contribution < 1.29 is 0 Å². The van der Waals surface area contributed by atoms with Crippen molar-refractivity contribution in [2.75, 3.05) is 0 Å². The molecule has 0 bridgehead atoms. The Kier molecular flexibility index (Phi) is 2.64. The third-order valence-corrected chi connectivity index (χ3v) is 3.40. The lowest BCUT2D eigenvalue weighted by Gasteiger charge is -2.08. The van der Waals surface area contributed by atoms with Crippen LogP contribution >= 0.6 is 0 Å². The molecule has 0 saturated carbocycles. The second kappa shape index (κ2) is 4.30. The minimum Gasteiger partial charge on any atom is -0.0610 e. The maximum Gasteiger partial charge on any atom is -0.0105 e. The van der Waals surface area contributed by atoms with Crippen molar-refractivity contribution in [3.8, 4) is 11.1 Å². The molecule has 0 unspecified atom stereocenters. The van der Waals surface area contributed by atoms with Gasteiger partial charge >= 0.3 is 0 Å². The van der Waals surface area contributed by atoms with Crippen LogP contribution in [-0.2, 0) is 0 Å². The molecule has 0 nitrogen and oxygen atoms in total. The van der Waals surface area contributed by atoms with Crippen LogP contribution in [0.5, 0.6) is 0 Å². The Morgan fingerprint density at radius 3 is 2.17 bits per heavy atom. The number of fused-ring (bicyclic) bond motifs is 1. The monoisotopic (exact) mass is 232 g/mol. The minimum atomic E-state index is 1.29. The van der Waals surface area contributed by atoms with Gasteiger partial charge in [-0.25, -0.2) is 0 Å². The van der Waals surface area contributed by atoms with E-state index in [1.807, 2.05) is 0 Å².